The maximum absolute atomic E-state index is 12.0. The molecule has 1 saturated heterocycles. The highest BCUT2D eigenvalue weighted by atomic mass is 16.5. The molecule has 1 aliphatic heterocycles. The Morgan fingerprint density at radius 2 is 1.39 bits per heavy atom. The number of rotatable bonds is 18. The molecule has 0 aromatic carbocycles. The third-order valence-electron chi connectivity index (χ3n) is 5.44. The number of carbonyl (C=O) groups excluding carboxylic acids is 1. The largest absolute Gasteiger partial charge is 0.379 e. The second kappa shape index (κ2) is 19.4. The van der Waals surface area contributed by atoms with Gasteiger partial charge in [-0.25, -0.2) is 0 Å². The van der Waals surface area contributed by atoms with Gasteiger partial charge in [0.25, 0.3) is 0 Å². The van der Waals surface area contributed by atoms with Gasteiger partial charge in [-0.3, -0.25) is 9.69 Å². The Morgan fingerprint density at radius 1 is 0.786 bits per heavy atom. The van der Waals surface area contributed by atoms with Crippen LogP contribution >= 0.6 is 0 Å². The van der Waals surface area contributed by atoms with Crippen molar-refractivity contribution in [1.29, 1.82) is 0 Å². The first-order valence-corrected chi connectivity index (χ1v) is 11.9. The lowest BCUT2D eigenvalue weighted by Crippen LogP contribution is -2.36. The second-order valence-electron chi connectivity index (χ2n) is 8.08. The summed E-state index contributed by atoms with van der Waals surface area (Å²) in [5.41, 5.74) is 0. The maximum Gasteiger partial charge on any atom is 0.132 e. The molecular weight excluding hydrogens is 346 g/mol. The Balaban J connectivity index is 1.80. The molecule has 1 heterocycles. The summed E-state index contributed by atoms with van der Waals surface area (Å²) in [5.74, 6) is 0.457. The van der Waals surface area contributed by atoms with Gasteiger partial charge < -0.3 is 4.74 Å². The van der Waals surface area contributed by atoms with E-state index in [1.54, 1.807) is 0 Å². The summed E-state index contributed by atoms with van der Waals surface area (Å²) >= 11 is 0. The van der Waals surface area contributed by atoms with Crippen molar-refractivity contribution >= 4 is 5.78 Å². The van der Waals surface area contributed by atoms with Gasteiger partial charge in [0, 0.05) is 25.9 Å². The van der Waals surface area contributed by atoms with Gasteiger partial charge in [-0.2, -0.15) is 0 Å². The highest BCUT2D eigenvalue weighted by molar-refractivity contribution is 5.78. The Kier molecular flexibility index (Phi) is 17.4. The maximum atomic E-state index is 12.0. The quantitative estimate of drug-likeness (QED) is 0.198. The fraction of sp³-hybridized carbons (Fsp3) is 0.800. The van der Waals surface area contributed by atoms with E-state index in [9.17, 15) is 4.79 Å². The van der Waals surface area contributed by atoms with E-state index in [2.05, 4.69) is 36.1 Å². The number of allylic oxidation sites excluding steroid dienone is 4. The van der Waals surface area contributed by atoms with Crippen LogP contribution in [-0.4, -0.2) is 43.5 Å². The van der Waals surface area contributed by atoms with E-state index in [0.29, 0.717) is 5.78 Å². The standard InChI is InChI=1S/C25H45NO2/c1-2-3-4-5-6-7-8-9-10-11-12-13-14-15-16-18-25(27)19-17-20-26-21-23-28-24-22-26/h6-7,9-10H,2-5,8,11-24H2,1H3/b7-6-,10-9-. The second-order valence-corrected chi connectivity index (χ2v) is 8.08. The number of hydrogen-bond acceptors (Lipinski definition) is 3. The minimum Gasteiger partial charge on any atom is -0.379 e. The van der Waals surface area contributed by atoms with E-state index in [1.807, 2.05) is 0 Å². The van der Waals surface area contributed by atoms with Crippen LogP contribution in [0.25, 0.3) is 0 Å². The molecule has 0 aromatic rings. The summed E-state index contributed by atoms with van der Waals surface area (Å²) < 4.78 is 5.35. The number of unbranched alkanes of at least 4 members (excludes halogenated alkanes) is 8. The lowest BCUT2D eigenvalue weighted by atomic mass is 10.1. The summed E-state index contributed by atoms with van der Waals surface area (Å²) in [4.78, 5) is 14.4. The Bertz CT molecular complexity index is 411. The van der Waals surface area contributed by atoms with E-state index >= 15 is 0 Å². The molecule has 1 rings (SSSR count). The Morgan fingerprint density at radius 3 is 2.11 bits per heavy atom. The van der Waals surface area contributed by atoms with E-state index in [1.165, 1.54) is 57.8 Å². The fourth-order valence-electron chi connectivity index (χ4n) is 3.58. The predicted molar refractivity (Wildman–Crippen MR) is 121 cm³/mol. The number of carbonyl (C=O) groups is 1. The van der Waals surface area contributed by atoms with Crippen molar-refractivity contribution in [3.8, 4) is 0 Å². The van der Waals surface area contributed by atoms with Crippen LogP contribution in [0.1, 0.15) is 96.8 Å². The van der Waals surface area contributed by atoms with E-state index < -0.39 is 0 Å². The highest BCUT2D eigenvalue weighted by Crippen LogP contribution is 2.10. The molecule has 3 heteroatoms. The molecule has 0 aromatic heterocycles. The van der Waals surface area contributed by atoms with Crippen molar-refractivity contribution in [2.45, 2.75) is 96.8 Å². The van der Waals surface area contributed by atoms with Crippen molar-refractivity contribution in [3.63, 3.8) is 0 Å². The van der Waals surface area contributed by atoms with E-state index in [-0.39, 0.29) is 0 Å². The number of ether oxygens (including phenoxy) is 1. The third kappa shape index (κ3) is 16.1. The van der Waals surface area contributed by atoms with Gasteiger partial charge in [0.2, 0.25) is 0 Å². The van der Waals surface area contributed by atoms with Crippen LogP contribution in [0.2, 0.25) is 0 Å². The zero-order valence-electron chi connectivity index (χ0n) is 18.5. The van der Waals surface area contributed by atoms with Gasteiger partial charge in [-0.15, -0.1) is 0 Å². The molecule has 162 valence electrons. The number of Topliss-reactive ketones (excluding diaryl/α,β-unsaturated/α-hetero) is 1. The molecule has 0 atom stereocenters. The summed E-state index contributed by atoms with van der Waals surface area (Å²) in [5, 5.41) is 0. The van der Waals surface area contributed by atoms with Crippen LogP contribution in [0, 0.1) is 0 Å². The molecule has 28 heavy (non-hydrogen) atoms. The first-order valence-electron chi connectivity index (χ1n) is 11.9. The van der Waals surface area contributed by atoms with E-state index in [4.69, 9.17) is 4.74 Å². The minimum absolute atomic E-state index is 0.457. The summed E-state index contributed by atoms with van der Waals surface area (Å²) in [6, 6.07) is 0. The molecular formula is C25H45NO2. The number of morpholine rings is 1. The van der Waals surface area contributed by atoms with Gasteiger partial charge in [-0.1, -0.05) is 63.3 Å². The van der Waals surface area contributed by atoms with Crippen LogP contribution < -0.4 is 0 Å². The molecule has 0 aliphatic carbocycles. The number of hydrogen-bond donors (Lipinski definition) is 0. The van der Waals surface area contributed by atoms with Crippen molar-refractivity contribution in [2.75, 3.05) is 32.8 Å². The fourth-order valence-corrected chi connectivity index (χ4v) is 3.58. The first kappa shape index (κ1) is 25.1. The van der Waals surface area contributed by atoms with Crippen molar-refractivity contribution in [1.82, 2.24) is 4.90 Å². The monoisotopic (exact) mass is 391 g/mol. The predicted octanol–water partition coefficient (Wildman–Crippen LogP) is 6.48. The van der Waals surface area contributed by atoms with Gasteiger partial charge in [-0.05, 0) is 51.5 Å². The summed E-state index contributed by atoms with van der Waals surface area (Å²) in [7, 11) is 0. The minimum atomic E-state index is 0.457. The molecule has 0 unspecified atom stereocenters. The average Bonchev–Trinajstić information content (AvgIpc) is 2.71. The van der Waals surface area contributed by atoms with Crippen LogP contribution in [0.4, 0.5) is 0 Å². The Hall–Kier alpha value is -0.930. The molecule has 3 nitrogen and oxygen atoms in total. The van der Waals surface area contributed by atoms with Crippen LogP contribution in [0.3, 0.4) is 0 Å². The van der Waals surface area contributed by atoms with E-state index in [0.717, 1.165) is 65.0 Å². The molecule has 0 amide bonds. The zero-order valence-corrected chi connectivity index (χ0v) is 18.5. The van der Waals surface area contributed by atoms with Crippen LogP contribution in [0.5, 0.6) is 0 Å². The lowest BCUT2D eigenvalue weighted by molar-refractivity contribution is -0.119. The number of ketones is 1. The molecule has 0 spiro atoms. The normalized spacial score (nSPS) is 15.8. The highest BCUT2D eigenvalue weighted by Gasteiger charge is 2.10. The summed E-state index contributed by atoms with van der Waals surface area (Å²) in [6.45, 7) is 7.05. The number of nitrogens with zero attached hydrogens (tertiary/aromatic N) is 1. The molecule has 0 bridgehead atoms. The molecule has 0 N–H and O–H groups in total. The van der Waals surface area contributed by atoms with Crippen molar-refractivity contribution in [2.24, 2.45) is 0 Å². The van der Waals surface area contributed by atoms with Crippen LogP contribution in [-0.2, 0) is 9.53 Å². The smallest absolute Gasteiger partial charge is 0.132 e. The van der Waals surface area contributed by atoms with Crippen molar-refractivity contribution in [3.05, 3.63) is 24.3 Å². The van der Waals surface area contributed by atoms with Gasteiger partial charge >= 0.3 is 0 Å². The molecule has 1 aliphatic rings. The van der Waals surface area contributed by atoms with Gasteiger partial charge in [0.15, 0.2) is 0 Å². The summed E-state index contributed by atoms with van der Waals surface area (Å²) in [6.07, 6.45) is 25.4. The van der Waals surface area contributed by atoms with Crippen LogP contribution in [0.15, 0.2) is 24.3 Å². The average molecular weight is 392 g/mol. The zero-order chi connectivity index (χ0) is 20.1. The van der Waals surface area contributed by atoms with Crippen molar-refractivity contribution < 1.29 is 9.53 Å². The van der Waals surface area contributed by atoms with Gasteiger partial charge in [0.1, 0.15) is 5.78 Å². The lowest BCUT2D eigenvalue weighted by Gasteiger charge is -2.26. The SMILES string of the molecule is CCCCC/C=C\C/C=C\CCCCCCCC(=O)CCCN1CCOCC1. The molecule has 0 saturated carbocycles. The Labute approximate surface area is 174 Å². The molecule has 0 radical (unpaired) electrons. The third-order valence-corrected chi connectivity index (χ3v) is 5.44. The molecule has 1 fully saturated rings. The topological polar surface area (TPSA) is 29.5 Å². The first-order chi connectivity index (χ1) is 13.8. The van der Waals surface area contributed by atoms with Gasteiger partial charge in [0.05, 0.1) is 13.2 Å².